The third-order valence-electron chi connectivity index (χ3n) is 3.43. The maximum absolute atomic E-state index is 6.03. The van der Waals surface area contributed by atoms with Crippen LogP contribution in [-0.2, 0) is 0 Å². The summed E-state index contributed by atoms with van der Waals surface area (Å²) >= 11 is 6.03. The third-order valence-corrected chi connectivity index (χ3v) is 3.67. The van der Waals surface area contributed by atoms with E-state index in [0.29, 0.717) is 22.5 Å². The topological polar surface area (TPSA) is 61.3 Å². The van der Waals surface area contributed by atoms with E-state index in [0.717, 1.165) is 17.9 Å². The first kappa shape index (κ1) is 12.4. The molecule has 2 aromatic rings. The van der Waals surface area contributed by atoms with E-state index < -0.39 is 0 Å². The number of nitrogens with zero attached hydrogens (tertiary/aromatic N) is 1. The minimum absolute atomic E-state index is 0.347. The highest BCUT2D eigenvalue weighted by molar-refractivity contribution is 6.30. The van der Waals surface area contributed by atoms with Crippen LogP contribution in [0.1, 0.15) is 19.3 Å². The van der Waals surface area contributed by atoms with E-state index in [1.165, 1.54) is 19.3 Å². The fourth-order valence-electron chi connectivity index (χ4n) is 2.10. The van der Waals surface area contributed by atoms with Crippen molar-refractivity contribution in [2.24, 2.45) is 5.92 Å². The molecule has 0 aliphatic heterocycles. The van der Waals surface area contributed by atoms with Crippen molar-refractivity contribution in [3.05, 3.63) is 29.3 Å². The van der Waals surface area contributed by atoms with Crippen LogP contribution in [0, 0.1) is 5.92 Å². The van der Waals surface area contributed by atoms with Crippen LogP contribution < -0.4 is 10.5 Å². The van der Waals surface area contributed by atoms with Gasteiger partial charge in [-0.2, -0.15) is 0 Å². The molecule has 1 heterocycles. The molecular weight excluding hydrogens is 264 g/mol. The van der Waals surface area contributed by atoms with E-state index in [9.17, 15) is 0 Å². The van der Waals surface area contributed by atoms with Gasteiger partial charge in [0, 0.05) is 11.1 Å². The van der Waals surface area contributed by atoms with Gasteiger partial charge >= 0.3 is 0 Å². The largest absolute Gasteiger partial charge is 0.493 e. The van der Waals surface area contributed by atoms with Gasteiger partial charge in [0.15, 0.2) is 11.6 Å². The lowest BCUT2D eigenvalue weighted by molar-refractivity contribution is 0.181. The molecule has 5 heteroatoms. The Kier molecular flexibility index (Phi) is 3.34. The Morgan fingerprint density at radius 2 is 2.21 bits per heavy atom. The maximum atomic E-state index is 6.03. The first-order valence-electron chi connectivity index (χ1n) is 6.37. The van der Waals surface area contributed by atoms with E-state index in [1.807, 2.05) is 6.07 Å². The van der Waals surface area contributed by atoms with Gasteiger partial charge in [-0.3, -0.25) is 0 Å². The second kappa shape index (κ2) is 5.13. The molecular formula is C14H15ClN2O2. The number of rotatable bonds is 4. The summed E-state index contributed by atoms with van der Waals surface area (Å²) in [4.78, 5) is 0. The molecule has 0 radical (unpaired) electrons. The molecule has 1 fully saturated rings. The molecule has 1 aromatic heterocycles. The highest BCUT2D eigenvalue weighted by atomic mass is 35.5. The average Bonchev–Trinajstić information content (AvgIpc) is 2.75. The van der Waals surface area contributed by atoms with E-state index in [2.05, 4.69) is 5.16 Å². The minimum atomic E-state index is 0.347. The molecule has 1 aromatic carbocycles. The lowest BCUT2D eigenvalue weighted by Gasteiger charge is -2.25. The van der Waals surface area contributed by atoms with Crippen LogP contribution in [0.15, 0.2) is 28.8 Å². The van der Waals surface area contributed by atoms with Crippen LogP contribution in [0.3, 0.4) is 0 Å². The molecule has 0 bridgehead atoms. The number of hydrogen-bond donors (Lipinski definition) is 1. The zero-order valence-corrected chi connectivity index (χ0v) is 11.2. The van der Waals surface area contributed by atoms with Crippen LogP contribution >= 0.6 is 11.6 Å². The fraction of sp³-hybridized carbons (Fsp3) is 0.357. The average molecular weight is 279 g/mol. The van der Waals surface area contributed by atoms with Crippen molar-refractivity contribution in [3.8, 4) is 17.1 Å². The predicted octanol–water partition coefficient (Wildman–Crippen LogP) is 3.76. The first-order valence-corrected chi connectivity index (χ1v) is 6.75. The summed E-state index contributed by atoms with van der Waals surface area (Å²) in [6.07, 6.45) is 3.80. The van der Waals surface area contributed by atoms with Crippen LogP contribution in [0.2, 0.25) is 5.02 Å². The van der Waals surface area contributed by atoms with E-state index in [-0.39, 0.29) is 0 Å². The van der Waals surface area contributed by atoms with Crippen molar-refractivity contribution >= 4 is 17.4 Å². The number of hydrogen-bond acceptors (Lipinski definition) is 4. The Morgan fingerprint density at radius 3 is 2.84 bits per heavy atom. The fourth-order valence-corrected chi connectivity index (χ4v) is 2.28. The van der Waals surface area contributed by atoms with E-state index in [1.54, 1.807) is 18.2 Å². The number of benzene rings is 1. The summed E-state index contributed by atoms with van der Waals surface area (Å²) in [6.45, 7) is 0.734. The van der Waals surface area contributed by atoms with Gasteiger partial charge in [0.1, 0.15) is 5.75 Å². The summed E-state index contributed by atoms with van der Waals surface area (Å²) in [7, 11) is 0. The van der Waals surface area contributed by atoms with Gasteiger partial charge in [-0.1, -0.05) is 23.2 Å². The highest BCUT2D eigenvalue weighted by Crippen LogP contribution is 2.35. The molecule has 3 rings (SSSR count). The molecule has 0 saturated heterocycles. The molecule has 100 valence electrons. The summed E-state index contributed by atoms with van der Waals surface area (Å²) in [5, 5.41) is 4.32. The number of halogens is 1. The standard InChI is InChI=1S/C14H15ClN2O2/c15-10-4-5-12(18-8-9-2-1-3-9)11(6-10)13-7-14(16)17-19-13/h4-7,9H,1-3,8H2,(H2,16,17). The molecule has 4 nitrogen and oxygen atoms in total. The van der Waals surface area contributed by atoms with Gasteiger partial charge in [0.05, 0.1) is 12.2 Å². The quantitative estimate of drug-likeness (QED) is 0.925. The molecule has 1 aliphatic rings. The molecule has 19 heavy (non-hydrogen) atoms. The van der Waals surface area contributed by atoms with Crippen LogP contribution in [0.25, 0.3) is 11.3 Å². The van der Waals surface area contributed by atoms with Crippen molar-refractivity contribution in [3.63, 3.8) is 0 Å². The maximum Gasteiger partial charge on any atom is 0.172 e. The summed E-state index contributed by atoms with van der Waals surface area (Å²) < 4.78 is 11.1. The second-order valence-corrected chi connectivity index (χ2v) is 5.30. The lowest BCUT2D eigenvalue weighted by atomic mass is 9.86. The van der Waals surface area contributed by atoms with Crippen molar-refractivity contribution in [2.45, 2.75) is 19.3 Å². The number of nitrogens with two attached hydrogens (primary N) is 1. The number of nitrogen functional groups attached to an aromatic ring is 1. The van der Waals surface area contributed by atoms with Crippen molar-refractivity contribution in [1.82, 2.24) is 5.16 Å². The third kappa shape index (κ3) is 2.68. The SMILES string of the molecule is Nc1cc(-c2cc(Cl)ccc2OCC2CCC2)on1. The first-order chi connectivity index (χ1) is 9.22. The molecule has 0 atom stereocenters. The Hall–Kier alpha value is -1.68. The second-order valence-electron chi connectivity index (χ2n) is 4.86. The van der Waals surface area contributed by atoms with Crippen molar-refractivity contribution in [1.29, 1.82) is 0 Å². The van der Waals surface area contributed by atoms with Gasteiger partial charge in [-0.15, -0.1) is 0 Å². The van der Waals surface area contributed by atoms with Crippen molar-refractivity contribution in [2.75, 3.05) is 12.3 Å². The zero-order valence-electron chi connectivity index (χ0n) is 10.4. The minimum Gasteiger partial charge on any atom is -0.493 e. The molecule has 1 aliphatic carbocycles. The Balaban J connectivity index is 1.85. The Morgan fingerprint density at radius 1 is 1.37 bits per heavy atom. The van der Waals surface area contributed by atoms with Crippen LogP contribution in [0.4, 0.5) is 5.82 Å². The normalized spacial score (nSPS) is 15.2. The van der Waals surface area contributed by atoms with Crippen LogP contribution in [-0.4, -0.2) is 11.8 Å². The summed E-state index contributed by atoms with van der Waals surface area (Å²) in [6, 6.07) is 7.13. The lowest BCUT2D eigenvalue weighted by Crippen LogP contribution is -2.19. The Bertz CT molecular complexity index is 579. The van der Waals surface area contributed by atoms with E-state index in [4.69, 9.17) is 26.6 Å². The molecule has 0 amide bonds. The van der Waals surface area contributed by atoms with E-state index >= 15 is 0 Å². The number of aromatic nitrogens is 1. The monoisotopic (exact) mass is 278 g/mol. The smallest absolute Gasteiger partial charge is 0.172 e. The Labute approximate surface area is 116 Å². The van der Waals surface area contributed by atoms with Gasteiger partial charge in [-0.25, -0.2) is 0 Å². The van der Waals surface area contributed by atoms with Gasteiger partial charge < -0.3 is 15.0 Å². The molecule has 0 spiro atoms. The molecule has 2 N–H and O–H groups in total. The van der Waals surface area contributed by atoms with Crippen molar-refractivity contribution < 1.29 is 9.26 Å². The summed E-state index contributed by atoms with van der Waals surface area (Å²) in [5.41, 5.74) is 6.37. The molecule has 0 unspecified atom stereocenters. The van der Waals surface area contributed by atoms with Gasteiger partial charge in [0.2, 0.25) is 0 Å². The zero-order chi connectivity index (χ0) is 13.2. The predicted molar refractivity (Wildman–Crippen MR) is 74.2 cm³/mol. The van der Waals surface area contributed by atoms with Gasteiger partial charge in [-0.05, 0) is 37.0 Å². The number of anilines is 1. The number of ether oxygens (including phenoxy) is 1. The summed E-state index contributed by atoms with van der Waals surface area (Å²) in [5.74, 6) is 2.35. The molecule has 1 saturated carbocycles. The van der Waals surface area contributed by atoms with Crippen LogP contribution in [0.5, 0.6) is 5.75 Å². The highest BCUT2D eigenvalue weighted by Gasteiger charge is 2.19. The van der Waals surface area contributed by atoms with Gasteiger partial charge in [0.25, 0.3) is 0 Å².